The summed E-state index contributed by atoms with van der Waals surface area (Å²) in [7, 11) is 0. The minimum Gasteiger partial charge on any atom is -0.481 e. The molecule has 1 amide bonds. The number of amides is 1. The Hall–Kier alpha value is -2.10. The third kappa shape index (κ3) is 5.30. The van der Waals surface area contributed by atoms with Crippen molar-refractivity contribution in [3.8, 4) is 0 Å². The van der Waals surface area contributed by atoms with E-state index in [0.29, 0.717) is 0 Å². The van der Waals surface area contributed by atoms with Crippen LogP contribution in [0.5, 0.6) is 0 Å². The second-order valence-corrected chi connectivity index (χ2v) is 3.86. The minimum absolute atomic E-state index is 0.0647. The molecule has 1 aromatic carbocycles. The average molecular weight is 247 g/mol. The van der Waals surface area contributed by atoms with E-state index >= 15 is 0 Å². The van der Waals surface area contributed by atoms with Gasteiger partial charge in [-0.3, -0.25) is 9.59 Å². The van der Waals surface area contributed by atoms with Gasteiger partial charge in [0.05, 0.1) is 6.42 Å². The number of nitrogens with one attached hydrogen (secondary N) is 1. The van der Waals surface area contributed by atoms with Gasteiger partial charge in [0.2, 0.25) is 5.91 Å². The van der Waals surface area contributed by atoms with Gasteiger partial charge in [0.1, 0.15) is 0 Å². The topological polar surface area (TPSA) is 66.4 Å². The summed E-state index contributed by atoms with van der Waals surface area (Å²) < 4.78 is 0. The van der Waals surface area contributed by atoms with Gasteiger partial charge in [-0.2, -0.15) is 0 Å². The summed E-state index contributed by atoms with van der Waals surface area (Å²) in [6.07, 6.45) is 4.03. The third-order valence-corrected chi connectivity index (χ3v) is 2.45. The van der Waals surface area contributed by atoms with Crippen LogP contribution >= 0.6 is 0 Å². The quantitative estimate of drug-likeness (QED) is 0.754. The molecule has 0 bridgehead atoms. The van der Waals surface area contributed by atoms with Crippen molar-refractivity contribution in [2.75, 3.05) is 6.54 Å². The SMILES string of the molecule is CCc1ccc(/C=C/C(=O)NCCC(=O)O)cc1. The second-order valence-electron chi connectivity index (χ2n) is 3.86. The van der Waals surface area contributed by atoms with Crippen molar-refractivity contribution in [3.63, 3.8) is 0 Å². The van der Waals surface area contributed by atoms with Gasteiger partial charge in [-0.25, -0.2) is 0 Å². The summed E-state index contributed by atoms with van der Waals surface area (Å²) in [5, 5.41) is 10.9. The molecule has 4 nitrogen and oxygen atoms in total. The van der Waals surface area contributed by atoms with Gasteiger partial charge in [-0.15, -0.1) is 0 Å². The zero-order chi connectivity index (χ0) is 13.4. The molecule has 4 heteroatoms. The first-order valence-corrected chi connectivity index (χ1v) is 5.88. The maximum Gasteiger partial charge on any atom is 0.305 e. The van der Waals surface area contributed by atoms with Crippen molar-refractivity contribution < 1.29 is 14.7 Å². The number of hydrogen-bond acceptors (Lipinski definition) is 2. The number of aryl methyl sites for hydroxylation is 1. The zero-order valence-electron chi connectivity index (χ0n) is 10.3. The molecule has 2 N–H and O–H groups in total. The molecule has 0 aliphatic rings. The molecular formula is C14H17NO3. The molecule has 0 unspecified atom stereocenters. The largest absolute Gasteiger partial charge is 0.481 e. The van der Waals surface area contributed by atoms with Crippen molar-refractivity contribution in [2.24, 2.45) is 0 Å². The first-order valence-electron chi connectivity index (χ1n) is 5.88. The molecule has 0 aliphatic carbocycles. The van der Waals surface area contributed by atoms with Gasteiger partial charge in [-0.1, -0.05) is 31.2 Å². The molecule has 0 heterocycles. The number of carboxylic acids is 1. The Morgan fingerprint density at radius 1 is 1.28 bits per heavy atom. The molecule has 0 spiro atoms. The van der Waals surface area contributed by atoms with Crippen LogP contribution in [0.3, 0.4) is 0 Å². The summed E-state index contributed by atoms with van der Waals surface area (Å²) in [5.41, 5.74) is 2.19. The molecule has 0 radical (unpaired) electrons. The van der Waals surface area contributed by atoms with Gasteiger partial charge in [0, 0.05) is 12.6 Å². The number of rotatable bonds is 6. The van der Waals surface area contributed by atoms with E-state index in [0.717, 1.165) is 12.0 Å². The first-order chi connectivity index (χ1) is 8.61. The van der Waals surface area contributed by atoms with Gasteiger partial charge >= 0.3 is 5.97 Å². The Balaban J connectivity index is 2.42. The highest BCUT2D eigenvalue weighted by molar-refractivity contribution is 5.91. The zero-order valence-corrected chi connectivity index (χ0v) is 10.3. The van der Waals surface area contributed by atoms with E-state index in [-0.39, 0.29) is 18.9 Å². The molecule has 1 aromatic rings. The Morgan fingerprint density at radius 2 is 1.94 bits per heavy atom. The van der Waals surface area contributed by atoms with Gasteiger partial charge in [0.15, 0.2) is 0 Å². The fraction of sp³-hybridized carbons (Fsp3) is 0.286. The molecule has 0 aromatic heterocycles. The molecule has 0 saturated carbocycles. The smallest absolute Gasteiger partial charge is 0.305 e. The average Bonchev–Trinajstić information content (AvgIpc) is 2.36. The van der Waals surface area contributed by atoms with E-state index in [1.54, 1.807) is 6.08 Å². The number of carbonyl (C=O) groups is 2. The fourth-order valence-corrected chi connectivity index (χ4v) is 1.39. The van der Waals surface area contributed by atoms with Crippen LogP contribution in [0, 0.1) is 0 Å². The van der Waals surface area contributed by atoms with Gasteiger partial charge in [-0.05, 0) is 23.6 Å². The third-order valence-electron chi connectivity index (χ3n) is 2.45. The van der Waals surface area contributed by atoms with Crippen molar-refractivity contribution in [3.05, 3.63) is 41.5 Å². The molecular weight excluding hydrogens is 230 g/mol. The Bertz CT molecular complexity index is 435. The Labute approximate surface area is 106 Å². The highest BCUT2D eigenvalue weighted by Gasteiger charge is 1.98. The van der Waals surface area contributed by atoms with Crippen LogP contribution in [0.15, 0.2) is 30.3 Å². The van der Waals surface area contributed by atoms with Crippen molar-refractivity contribution in [1.29, 1.82) is 0 Å². The molecule has 18 heavy (non-hydrogen) atoms. The maximum absolute atomic E-state index is 11.3. The molecule has 0 fully saturated rings. The van der Waals surface area contributed by atoms with E-state index < -0.39 is 5.97 Å². The summed E-state index contributed by atoms with van der Waals surface area (Å²) in [4.78, 5) is 21.6. The molecule has 1 rings (SSSR count). The lowest BCUT2D eigenvalue weighted by Crippen LogP contribution is -2.23. The standard InChI is InChI=1S/C14H17NO3/c1-2-11-3-5-12(6-4-11)7-8-13(16)15-10-9-14(17)18/h3-8H,2,9-10H2,1H3,(H,15,16)(H,17,18)/b8-7+. The Morgan fingerprint density at radius 3 is 2.50 bits per heavy atom. The molecule has 0 aliphatic heterocycles. The predicted molar refractivity (Wildman–Crippen MR) is 70.1 cm³/mol. The number of carboxylic acid groups (broad SMARTS) is 1. The van der Waals surface area contributed by atoms with Crippen LogP contribution in [-0.2, 0) is 16.0 Å². The number of benzene rings is 1. The van der Waals surface area contributed by atoms with Crippen LogP contribution in [-0.4, -0.2) is 23.5 Å². The molecule has 96 valence electrons. The second kappa shape index (κ2) is 7.27. The minimum atomic E-state index is -0.922. The lowest BCUT2D eigenvalue weighted by atomic mass is 10.1. The van der Waals surface area contributed by atoms with Gasteiger partial charge < -0.3 is 10.4 Å². The van der Waals surface area contributed by atoms with E-state index in [2.05, 4.69) is 12.2 Å². The van der Waals surface area contributed by atoms with Crippen LogP contribution in [0.2, 0.25) is 0 Å². The van der Waals surface area contributed by atoms with E-state index in [4.69, 9.17) is 5.11 Å². The van der Waals surface area contributed by atoms with Crippen LogP contribution in [0.25, 0.3) is 6.08 Å². The highest BCUT2D eigenvalue weighted by Crippen LogP contribution is 2.06. The normalized spacial score (nSPS) is 10.5. The summed E-state index contributed by atoms with van der Waals surface area (Å²) >= 11 is 0. The summed E-state index contributed by atoms with van der Waals surface area (Å²) in [6.45, 7) is 2.23. The van der Waals surface area contributed by atoms with E-state index in [1.807, 2.05) is 24.3 Å². The monoisotopic (exact) mass is 247 g/mol. The van der Waals surface area contributed by atoms with Crippen LogP contribution in [0.4, 0.5) is 0 Å². The van der Waals surface area contributed by atoms with Crippen LogP contribution < -0.4 is 5.32 Å². The summed E-state index contributed by atoms with van der Waals surface area (Å²) in [6, 6.07) is 7.92. The fourth-order valence-electron chi connectivity index (χ4n) is 1.39. The summed E-state index contributed by atoms with van der Waals surface area (Å²) in [5.74, 6) is -1.20. The molecule has 0 atom stereocenters. The van der Waals surface area contributed by atoms with E-state index in [9.17, 15) is 9.59 Å². The van der Waals surface area contributed by atoms with Gasteiger partial charge in [0.25, 0.3) is 0 Å². The number of hydrogen-bond donors (Lipinski definition) is 2. The highest BCUT2D eigenvalue weighted by atomic mass is 16.4. The van der Waals surface area contributed by atoms with Crippen molar-refractivity contribution in [2.45, 2.75) is 19.8 Å². The Kier molecular flexibility index (Phi) is 5.64. The predicted octanol–water partition coefficient (Wildman–Crippen LogP) is 1.85. The first kappa shape index (κ1) is 14.0. The number of carbonyl (C=O) groups excluding carboxylic acids is 1. The molecule has 0 saturated heterocycles. The van der Waals surface area contributed by atoms with E-state index in [1.165, 1.54) is 11.6 Å². The van der Waals surface area contributed by atoms with Crippen LogP contribution in [0.1, 0.15) is 24.5 Å². The lowest BCUT2D eigenvalue weighted by molar-refractivity contribution is -0.136. The van der Waals surface area contributed by atoms with Crippen molar-refractivity contribution >= 4 is 18.0 Å². The number of aliphatic carboxylic acids is 1. The van der Waals surface area contributed by atoms with Crippen molar-refractivity contribution in [1.82, 2.24) is 5.32 Å². The lowest BCUT2D eigenvalue weighted by Gasteiger charge is -1.99. The maximum atomic E-state index is 11.3.